The van der Waals surface area contributed by atoms with Gasteiger partial charge in [0.2, 0.25) is 5.91 Å². The van der Waals surface area contributed by atoms with Crippen molar-refractivity contribution in [2.24, 2.45) is 11.3 Å². The molecule has 3 aliphatic heterocycles. The number of likely N-dealkylation sites (tertiary alicyclic amines) is 1. The first-order valence-electron chi connectivity index (χ1n) is 14.7. The molecular weight excluding hydrogens is 502 g/mol. The van der Waals surface area contributed by atoms with Crippen LogP contribution in [-0.4, -0.2) is 67.7 Å². The Hall–Kier alpha value is -3.39. The summed E-state index contributed by atoms with van der Waals surface area (Å²) in [5.41, 5.74) is 3.07. The fraction of sp³-hybridized carbons (Fsp3) is 0.531. The third-order valence-electron chi connectivity index (χ3n) is 9.51. The number of piperidine rings is 1. The molecule has 3 aromatic rings. The maximum absolute atomic E-state index is 13.6. The smallest absolute Gasteiger partial charge is 0.407 e. The van der Waals surface area contributed by atoms with Gasteiger partial charge < -0.3 is 19.9 Å². The summed E-state index contributed by atoms with van der Waals surface area (Å²) in [6.07, 6.45) is 6.58. The van der Waals surface area contributed by atoms with Crippen LogP contribution < -0.4 is 5.32 Å². The lowest BCUT2D eigenvalue weighted by molar-refractivity contribution is -0.138. The number of imidazole rings is 1. The van der Waals surface area contributed by atoms with Gasteiger partial charge in [-0.3, -0.25) is 9.69 Å². The zero-order valence-corrected chi connectivity index (χ0v) is 23.7. The van der Waals surface area contributed by atoms with E-state index in [1.165, 1.54) is 23.3 Å². The van der Waals surface area contributed by atoms with Crippen molar-refractivity contribution in [2.45, 2.75) is 83.1 Å². The lowest BCUT2D eigenvalue weighted by Gasteiger charge is -2.52. The number of para-hydroxylation sites is 2. The van der Waals surface area contributed by atoms with Gasteiger partial charge in [-0.2, -0.15) is 0 Å². The average Bonchev–Trinajstić information content (AvgIpc) is 3.42. The number of fused-ring (bicyclic) bond motifs is 3. The Kier molecular flexibility index (Phi) is 7.07. The molecule has 212 valence electrons. The minimum absolute atomic E-state index is 0.0417. The van der Waals surface area contributed by atoms with Crippen LogP contribution in [0, 0.1) is 11.3 Å². The van der Waals surface area contributed by atoms with E-state index in [0.717, 1.165) is 36.9 Å². The first kappa shape index (κ1) is 26.8. The second-order valence-corrected chi connectivity index (χ2v) is 13.0. The van der Waals surface area contributed by atoms with Crippen molar-refractivity contribution in [3.8, 4) is 0 Å². The van der Waals surface area contributed by atoms with Gasteiger partial charge in [0.25, 0.3) is 0 Å². The Labute approximate surface area is 236 Å². The van der Waals surface area contributed by atoms with Gasteiger partial charge >= 0.3 is 6.09 Å². The minimum Gasteiger partial charge on any atom is -0.465 e. The van der Waals surface area contributed by atoms with Crippen LogP contribution in [0.15, 0.2) is 60.9 Å². The standard InChI is InChI=1S/C32H41N5O3/c1-32(2,3)29-25(19-36(29)31(39)40)30(38)34-26(21-9-5-4-6-10-21)15-16-35-22-13-14-23(35)18-24(17-22)37-20-33-27-11-7-8-12-28(27)37/h4-12,20,22-26,29H,13-19H2,1-3H3,(H,34,38)(H,39,40)/t22-,23+,24+,25?,26-,29?/m0/s1. The highest BCUT2D eigenvalue weighted by Crippen LogP contribution is 2.42. The summed E-state index contributed by atoms with van der Waals surface area (Å²) in [4.78, 5) is 34.0. The SMILES string of the molecule is CC(C)(C)C1C(C(=O)N[C@@H](CCN2[C@@H]3CC[C@H]2C[C@@H](n2cnc4ccccc42)C3)c2ccccc2)CN1C(=O)O. The Balaban J connectivity index is 1.14. The highest BCUT2D eigenvalue weighted by Gasteiger charge is 2.52. The van der Waals surface area contributed by atoms with Gasteiger partial charge in [0.15, 0.2) is 0 Å². The van der Waals surface area contributed by atoms with Crippen LogP contribution >= 0.6 is 0 Å². The van der Waals surface area contributed by atoms with Crippen molar-refractivity contribution in [3.63, 3.8) is 0 Å². The monoisotopic (exact) mass is 543 g/mol. The minimum atomic E-state index is -0.953. The van der Waals surface area contributed by atoms with Crippen LogP contribution in [-0.2, 0) is 4.79 Å². The summed E-state index contributed by atoms with van der Waals surface area (Å²) in [5.74, 6) is -0.376. The van der Waals surface area contributed by atoms with E-state index in [1.807, 2.05) is 51.4 Å². The van der Waals surface area contributed by atoms with Gasteiger partial charge in [0.05, 0.1) is 35.4 Å². The summed E-state index contributed by atoms with van der Waals surface area (Å²) >= 11 is 0. The van der Waals surface area contributed by atoms with E-state index in [4.69, 9.17) is 0 Å². The normalized spacial score (nSPS) is 27.4. The zero-order valence-electron chi connectivity index (χ0n) is 23.7. The molecule has 6 atom stereocenters. The number of aromatic nitrogens is 2. The molecule has 2 bridgehead atoms. The number of hydrogen-bond acceptors (Lipinski definition) is 4. The molecular formula is C32H41N5O3. The molecule has 0 radical (unpaired) electrons. The Morgan fingerprint density at radius 1 is 1.00 bits per heavy atom. The molecule has 6 rings (SSSR count). The number of nitrogens with one attached hydrogen (secondary N) is 1. The molecule has 1 aromatic heterocycles. The highest BCUT2D eigenvalue weighted by atomic mass is 16.4. The molecule has 3 aliphatic rings. The van der Waals surface area contributed by atoms with Crippen LogP contribution in [0.2, 0.25) is 0 Å². The number of carbonyl (C=O) groups excluding carboxylic acids is 1. The van der Waals surface area contributed by atoms with Gasteiger partial charge in [0.1, 0.15) is 0 Å². The molecule has 3 fully saturated rings. The summed E-state index contributed by atoms with van der Waals surface area (Å²) in [6.45, 7) is 7.21. The largest absolute Gasteiger partial charge is 0.465 e. The lowest BCUT2D eigenvalue weighted by Crippen LogP contribution is -2.67. The molecule has 40 heavy (non-hydrogen) atoms. The lowest BCUT2D eigenvalue weighted by atomic mass is 9.72. The molecule has 0 aliphatic carbocycles. The quantitative estimate of drug-likeness (QED) is 0.412. The summed E-state index contributed by atoms with van der Waals surface area (Å²) in [5, 5.41) is 13.0. The maximum atomic E-state index is 13.6. The second-order valence-electron chi connectivity index (χ2n) is 13.0. The van der Waals surface area contributed by atoms with E-state index in [2.05, 4.69) is 50.1 Å². The summed E-state index contributed by atoms with van der Waals surface area (Å²) in [7, 11) is 0. The molecule has 3 saturated heterocycles. The van der Waals surface area contributed by atoms with Crippen LogP contribution in [0.4, 0.5) is 4.79 Å². The van der Waals surface area contributed by atoms with Gasteiger partial charge in [-0.15, -0.1) is 0 Å². The fourth-order valence-electron chi connectivity index (χ4n) is 7.67. The van der Waals surface area contributed by atoms with Gasteiger partial charge in [-0.05, 0) is 55.2 Å². The van der Waals surface area contributed by atoms with E-state index in [-0.39, 0.29) is 35.9 Å². The molecule has 2 amide bonds. The predicted octanol–water partition coefficient (Wildman–Crippen LogP) is 5.48. The van der Waals surface area contributed by atoms with E-state index in [0.29, 0.717) is 18.1 Å². The van der Waals surface area contributed by atoms with Gasteiger partial charge in [-0.1, -0.05) is 63.2 Å². The molecule has 8 heteroatoms. The molecule has 2 N–H and O–H groups in total. The molecule has 8 nitrogen and oxygen atoms in total. The van der Waals surface area contributed by atoms with Crippen molar-refractivity contribution in [1.82, 2.24) is 24.7 Å². The van der Waals surface area contributed by atoms with Crippen LogP contribution in [0.25, 0.3) is 11.0 Å². The van der Waals surface area contributed by atoms with Crippen molar-refractivity contribution >= 4 is 23.0 Å². The summed E-state index contributed by atoms with van der Waals surface area (Å²) in [6, 6.07) is 19.7. The van der Waals surface area contributed by atoms with Crippen LogP contribution in [0.5, 0.6) is 0 Å². The molecule has 0 spiro atoms. The predicted molar refractivity (Wildman–Crippen MR) is 155 cm³/mol. The number of nitrogens with zero attached hydrogens (tertiary/aromatic N) is 4. The van der Waals surface area contributed by atoms with Crippen LogP contribution in [0.1, 0.15) is 70.5 Å². The van der Waals surface area contributed by atoms with E-state index in [1.54, 1.807) is 0 Å². The molecule has 2 unspecified atom stereocenters. The molecule has 4 heterocycles. The Bertz CT molecular complexity index is 1350. The maximum Gasteiger partial charge on any atom is 0.407 e. The van der Waals surface area contributed by atoms with Gasteiger partial charge in [0, 0.05) is 31.2 Å². The molecule has 0 saturated carbocycles. The number of hydrogen-bond donors (Lipinski definition) is 2. The third kappa shape index (κ3) is 4.98. The number of carbonyl (C=O) groups is 2. The average molecular weight is 544 g/mol. The van der Waals surface area contributed by atoms with Gasteiger partial charge in [-0.25, -0.2) is 9.78 Å². The van der Waals surface area contributed by atoms with E-state index >= 15 is 0 Å². The Morgan fingerprint density at radius 3 is 2.35 bits per heavy atom. The number of amides is 2. The number of rotatable bonds is 7. The Morgan fingerprint density at radius 2 is 1.68 bits per heavy atom. The van der Waals surface area contributed by atoms with Crippen molar-refractivity contribution in [1.29, 1.82) is 0 Å². The summed E-state index contributed by atoms with van der Waals surface area (Å²) < 4.78 is 2.38. The van der Waals surface area contributed by atoms with E-state index in [9.17, 15) is 14.7 Å². The van der Waals surface area contributed by atoms with Crippen molar-refractivity contribution in [2.75, 3.05) is 13.1 Å². The molecule has 2 aromatic carbocycles. The van der Waals surface area contributed by atoms with Crippen molar-refractivity contribution < 1.29 is 14.7 Å². The number of benzene rings is 2. The first-order valence-corrected chi connectivity index (χ1v) is 14.7. The third-order valence-corrected chi connectivity index (χ3v) is 9.51. The highest BCUT2D eigenvalue weighted by molar-refractivity contribution is 5.83. The number of carboxylic acid groups (broad SMARTS) is 1. The van der Waals surface area contributed by atoms with Crippen LogP contribution in [0.3, 0.4) is 0 Å². The van der Waals surface area contributed by atoms with Crippen molar-refractivity contribution in [3.05, 3.63) is 66.5 Å². The second kappa shape index (κ2) is 10.5. The zero-order chi connectivity index (χ0) is 28.0. The fourth-order valence-corrected chi connectivity index (χ4v) is 7.67. The van der Waals surface area contributed by atoms with E-state index < -0.39 is 6.09 Å². The first-order chi connectivity index (χ1) is 19.2. The topological polar surface area (TPSA) is 90.7 Å².